The lowest BCUT2D eigenvalue weighted by Crippen LogP contribution is -2.52. The van der Waals surface area contributed by atoms with Crippen molar-refractivity contribution in [2.75, 3.05) is 17.6 Å². The lowest BCUT2D eigenvalue weighted by molar-refractivity contribution is 0.0740. The van der Waals surface area contributed by atoms with Gasteiger partial charge in [0.15, 0.2) is 5.03 Å². The number of hydrogen-bond donors (Lipinski definition) is 4. The van der Waals surface area contributed by atoms with E-state index in [9.17, 15) is 41.1 Å². The van der Waals surface area contributed by atoms with Gasteiger partial charge in [0.1, 0.15) is 23.0 Å². The highest BCUT2D eigenvalue weighted by Gasteiger charge is 2.33. The summed E-state index contributed by atoms with van der Waals surface area (Å²) < 4.78 is 80.9. The average molecular weight is 596 g/mol. The molecule has 2 heterocycles. The number of aliphatic hydroxyl groups is 1. The Morgan fingerprint density at radius 2 is 1.92 bits per heavy atom. The monoisotopic (exact) mass is 595 g/mol. The second-order valence-corrected chi connectivity index (χ2v) is 11.3. The maximum Gasteiger partial charge on any atom is 0.276 e. The summed E-state index contributed by atoms with van der Waals surface area (Å²) in [4.78, 5) is 16.2. The number of halogens is 4. The quantitative estimate of drug-likeness (QED) is 0.151. The number of nitrogens with one attached hydrogen (secondary N) is 3. The van der Waals surface area contributed by atoms with Gasteiger partial charge in [0, 0.05) is 0 Å². The van der Waals surface area contributed by atoms with Crippen molar-refractivity contribution in [3.8, 4) is 6.07 Å². The number of alkyl halides is 4. The van der Waals surface area contributed by atoms with Crippen LogP contribution in [0.25, 0.3) is 0 Å². The number of thioether (sulfide) groups is 1. The fourth-order valence-electron chi connectivity index (χ4n) is 4.04. The number of aliphatic hydroxyl groups excluding tert-OH is 1. The van der Waals surface area contributed by atoms with E-state index in [1.54, 1.807) is 10.8 Å². The van der Waals surface area contributed by atoms with E-state index >= 15 is 0 Å². The van der Waals surface area contributed by atoms with Gasteiger partial charge >= 0.3 is 0 Å². The van der Waals surface area contributed by atoms with Gasteiger partial charge in [-0.2, -0.15) is 5.26 Å². The summed E-state index contributed by atoms with van der Waals surface area (Å²) in [5, 5.41) is 32.5. The summed E-state index contributed by atoms with van der Waals surface area (Å²) in [5.41, 5.74) is -0.751. The average Bonchev–Trinajstić information content (AvgIpc) is 3.38. The van der Waals surface area contributed by atoms with Crippen LogP contribution in [-0.2, 0) is 10.0 Å². The molecule has 0 aromatic carbocycles. The minimum atomic E-state index is -4.47. The summed E-state index contributed by atoms with van der Waals surface area (Å²) in [6.45, 7) is -1.15. The fraction of sp³-hybridized carbons (Fsp3) is 0.571. The molecule has 2 atom stereocenters. The van der Waals surface area contributed by atoms with Crippen LogP contribution < -0.4 is 15.4 Å². The van der Waals surface area contributed by atoms with Gasteiger partial charge in [-0.05, 0) is 35.1 Å². The molecule has 1 aliphatic rings. The van der Waals surface area contributed by atoms with E-state index < -0.39 is 63.8 Å². The largest absolute Gasteiger partial charge is 0.372 e. The van der Waals surface area contributed by atoms with Crippen LogP contribution in [0.15, 0.2) is 26.8 Å². The molecule has 0 unspecified atom stereocenters. The van der Waals surface area contributed by atoms with Gasteiger partial charge < -0.3 is 15.7 Å². The Morgan fingerprint density at radius 1 is 1.21 bits per heavy atom. The van der Waals surface area contributed by atoms with Crippen molar-refractivity contribution >= 4 is 33.5 Å². The summed E-state index contributed by atoms with van der Waals surface area (Å²) >= 11 is 0.583. The molecule has 2 aromatic heterocycles. The predicted molar refractivity (Wildman–Crippen MR) is 129 cm³/mol. The van der Waals surface area contributed by atoms with Gasteiger partial charge in [0.05, 0.1) is 30.1 Å². The van der Waals surface area contributed by atoms with Crippen molar-refractivity contribution in [1.29, 1.82) is 5.26 Å². The molecule has 4 N–H and O–H groups in total. The Kier molecular flexibility index (Phi) is 10.9. The van der Waals surface area contributed by atoms with Gasteiger partial charge in [0.2, 0.25) is 22.1 Å². The molecular formula is C21H25F4N7O5S2. The first-order valence-corrected chi connectivity index (χ1v) is 14.2. The van der Waals surface area contributed by atoms with E-state index in [1.165, 1.54) is 0 Å². The highest BCUT2D eigenvalue weighted by Crippen LogP contribution is 2.29. The van der Waals surface area contributed by atoms with Gasteiger partial charge in [0.25, 0.3) is 12.3 Å². The Hall–Kier alpha value is -3.01. The molecule has 39 heavy (non-hydrogen) atoms. The molecule has 2 aromatic rings. The molecule has 0 radical (unpaired) electrons. The summed E-state index contributed by atoms with van der Waals surface area (Å²) in [7, 11) is -4.47. The molecule has 0 aliphatic heterocycles. The van der Waals surface area contributed by atoms with Crippen LogP contribution in [0, 0.1) is 17.2 Å². The van der Waals surface area contributed by atoms with Crippen LogP contribution in [-0.4, -0.2) is 72.1 Å². The smallest absolute Gasteiger partial charge is 0.276 e. The zero-order valence-electron chi connectivity index (χ0n) is 20.2. The number of carbonyl (C=O) groups excluding carboxylic acids is 1. The van der Waals surface area contributed by atoms with Crippen LogP contribution in [0.1, 0.15) is 48.2 Å². The van der Waals surface area contributed by atoms with Crippen LogP contribution in [0.2, 0.25) is 0 Å². The molecule has 1 aliphatic carbocycles. The minimum Gasteiger partial charge on any atom is -0.372 e. The van der Waals surface area contributed by atoms with E-state index in [1.807, 2.05) is 0 Å². The van der Waals surface area contributed by atoms with E-state index in [-0.39, 0.29) is 22.5 Å². The summed E-state index contributed by atoms with van der Waals surface area (Å²) in [6, 6.07) is 1.73. The first kappa shape index (κ1) is 30.5. The first-order valence-electron chi connectivity index (χ1n) is 11.7. The van der Waals surface area contributed by atoms with Crippen molar-refractivity contribution in [3.63, 3.8) is 0 Å². The number of amides is 1. The number of rotatable bonds is 13. The van der Waals surface area contributed by atoms with Crippen molar-refractivity contribution < 1.29 is 40.5 Å². The molecule has 18 heteroatoms. The van der Waals surface area contributed by atoms with Crippen molar-refractivity contribution in [3.05, 3.63) is 23.5 Å². The first-order chi connectivity index (χ1) is 18.5. The van der Waals surface area contributed by atoms with Gasteiger partial charge in [-0.1, -0.05) is 31.0 Å². The minimum absolute atomic E-state index is 0.127. The molecule has 0 spiro atoms. The molecule has 0 saturated heterocycles. The normalized spacial score (nSPS) is 16.2. The number of anilines is 1. The molecule has 1 fully saturated rings. The number of nitriles is 1. The van der Waals surface area contributed by atoms with Crippen molar-refractivity contribution in [1.82, 2.24) is 25.3 Å². The maximum atomic E-state index is 12.9. The predicted octanol–water partition coefficient (Wildman–Crippen LogP) is 2.35. The number of carbonyl (C=O) groups is 1. The van der Waals surface area contributed by atoms with Crippen molar-refractivity contribution in [2.45, 2.75) is 67.1 Å². The maximum absolute atomic E-state index is 12.9. The molecule has 3 rings (SSSR count). The molecule has 1 saturated carbocycles. The third-order valence-electron chi connectivity index (χ3n) is 5.82. The molecular weight excluding hydrogens is 570 g/mol. The number of sulfonamides is 1. The van der Waals surface area contributed by atoms with Crippen LogP contribution in [0.3, 0.4) is 0 Å². The zero-order chi connectivity index (χ0) is 28.6. The topological polar surface area (TPSA) is 183 Å². The Labute approximate surface area is 224 Å². The van der Waals surface area contributed by atoms with E-state index in [0.717, 1.165) is 31.5 Å². The standard InChI is InChI=1S/C21H25F4N7O5S2/c22-14(23)9-28-39(35,36)13-8-27-16(6-12(13)7-26)29-19(33)17(11-4-2-1-3-5-11)30-20(34)18-21(32-37-31-18)38-10-15(24)25/h6,8,11,14-15,17,19,28,33H,1-5,9-10H2,(H,27,29)(H,30,34)/t17-,19-/m0/s1. The van der Waals surface area contributed by atoms with Gasteiger partial charge in [-0.15, -0.1) is 0 Å². The SMILES string of the molecule is N#Cc1cc(N[C@@H](O)[C@@H](NC(=O)c2nonc2SCC(F)F)C2CCCCC2)ncc1S(=O)(=O)NCC(F)F. The fourth-order valence-corrected chi connectivity index (χ4v) is 5.76. The highest BCUT2D eigenvalue weighted by atomic mass is 32.2. The summed E-state index contributed by atoms with van der Waals surface area (Å²) in [6.07, 6.45) is -2.39. The van der Waals surface area contributed by atoms with Crippen LogP contribution >= 0.6 is 11.8 Å². The number of hydrogen-bond acceptors (Lipinski definition) is 11. The van der Waals surface area contributed by atoms with Crippen molar-refractivity contribution in [2.24, 2.45) is 5.92 Å². The molecule has 214 valence electrons. The van der Waals surface area contributed by atoms with E-state index in [2.05, 4.69) is 30.6 Å². The number of nitrogens with zero attached hydrogens (tertiary/aromatic N) is 4. The second-order valence-electron chi connectivity index (χ2n) is 8.53. The van der Waals surface area contributed by atoms with Gasteiger partial charge in [-0.25, -0.2) is 40.3 Å². The zero-order valence-corrected chi connectivity index (χ0v) is 21.8. The van der Waals surface area contributed by atoms with Crippen LogP contribution in [0.4, 0.5) is 23.4 Å². The number of aromatic nitrogens is 3. The highest BCUT2D eigenvalue weighted by molar-refractivity contribution is 7.99. The Bertz CT molecular complexity index is 1270. The molecule has 12 nitrogen and oxygen atoms in total. The third kappa shape index (κ3) is 8.49. The van der Waals surface area contributed by atoms with Crippen LogP contribution in [0.5, 0.6) is 0 Å². The third-order valence-corrected chi connectivity index (χ3v) is 8.23. The van der Waals surface area contributed by atoms with Gasteiger partial charge in [-0.3, -0.25) is 4.79 Å². The second kappa shape index (κ2) is 13.9. The summed E-state index contributed by atoms with van der Waals surface area (Å²) in [5.74, 6) is -1.79. The molecule has 1 amide bonds. The lowest BCUT2D eigenvalue weighted by atomic mass is 9.83. The Morgan fingerprint density at radius 3 is 2.56 bits per heavy atom. The molecule has 0 bridgehead atoms. The van der Waals surface area contributed by atoms with E-state index in [0.29, 0.717) is 24.6 Å². The Balaban J connectivity index is 1.80. The lowest BCUT2D eigenvalue weighted by Gasteiger charge is -2.34. The number of pyridine rings is 1. The van der Waals surface area contributed by atoms with E-state index in [4.69, 9.17) is 0 Å².